The maximum Gasteiger partial charge on any atom is 0.164 e. The van der Waals surface area contributed by atoms with Gasteiger partial charge in [-0.25, -0.2) is 0 Å². The topological polar surface area (TPSA) is 70.1 Å². The van der Waals surface area contributed by atoms with E-state index < -0.39 is 0 Å². The Bertz CT molecular complexity index is 359. The molecule has 0 fully saturated rings. The molecule has 0 aliphatic rings. The van der Waals surface area contributed by atoms with Crippen molar-refractivity contribution in [3.63, 3.8) is 0 Å². The second kappa shape index (κ2) is 8.00. The molecule has 0 saturated carbocycles. The minimum atomic E-state index is 0.0400. The van der Waals surface area contributed by atoms with Gasteiger partial charge in [0.05, 0.1) is 24.8 Å². The van der Waals surface area contributed by atoms with Gasteiger partial charge in [0.1, 0.15) is 6.61 Å². The lowest BCUT2D eigenvalue weighted by Crippen LogP contribution is -2.16. The Hall–Kier alpha value is -1.20. The van der Waals surface area contributed by atoms with Crippen LogP contribution >= 0.6 is 0 Å². The predicted molar refractivity (Wildman–Crippen MR) is 70.4 cm³/mol. The zero-order chi connectivity index (χ0) is 13.4. The molecule has 102 valence electrons. The molecule has 0 unspecified atom stereocenters. The highest BCUT2D eigenvalue weighted by molar-refractivity contribution is 5.81. The molecule has 0 bridgehead atoms. The van der Waals surface area contributed by atoms with Crippen molar-refractivity contribution in [3.05, 3.63) is 18.0 Å². The van der Waals surface area contributed by atoms with Gasteiger partial charge in [-0.15, -0.1) is 0 Å². The molecule has 1 rings (SSSR count). The predicted octanol–water partition coefficient (Wildman–Crippen LogP) is 1.33. The zero-order valence-electron chi connectivity index (χ0n) is 11.3. The molecule has 0 spiro atoms. The summed E-state index contributed by atoms with van der Waals surface area (Å²) in [5.74, 6) is 0.0400. The van der Waals surface area contributed by atoms with Crippen LogP contribution in [0.15, 0.2) is 12.3 Å². The summed E-state index contributed by atoms with van der Waals surface area (Å²) >= 11 is 0. The fraction of sp³-hybridized carbons (Fsp3) is 0.692. The third kappa shape index (κ3) is 4.58. The van der Waals surface area contributed by atoms with Crippen LogP contribution in [0.2, 0.25) is 0 Å². The molecular weight excluding hydrogens is 230 g/mol. The van der Waals surface area contributed by atoms with Crippen LogP contribution in [0.25, 0.3) is 0 Å². The van der Waals surface area contributed by atoms with E-state index in [1.54, 1.807) is 0 Å². The third-order valence-electron chi connectivity index (χ3n) is 2.88. The average Bonchev–Trinajstić information content (AvgIpc) is 2.79. The molecule has 5 heteroatoms. The number of Topliss-reactive ketones (excluding diaryl/α,β-unsaturated/α-hetero) is 1. The molecule has 1 heterocycles. The van der Waals surface area contributed by atoms with Crippen molar-refractivity contribution in [1.82, 2.24) is 9.78 Å². The smallest absolute Gasteiger partial charge is 0.164 e. The normalized spacial score (nSPS) is 11.1. The van der Waals surface area contributed by atoms with Crippen LogP contribution in [0.1, 0.15) is 38.4 Å². The maximum atomic E-state index is 11.6. The number of nitrogens with zero attached hydrogens (tertiary/aromatic N) is 2. The Labute approximate surface area is 108 Å². The molecular formula is C13H23N3O2. The molecule has 0 atom stereocenters. The Morgan fingerprint density at radius 3 is 2.83 bits per heavy atom. The number of hydrogen-bond donors (Lipinski definition) is 1. The summed E-state index contributed by atoms with van der Waals surface area (Å²) in [5, 5.41) is 4.44. The number of aromatic nitrogens is 2. The molecule has 2 N–H and O–H groups in total. The minimum absolute atomic E-state index is 0.0400. The number of nitrogens with two attached hydrogens (primary N) is 1. The van der Waals surface area contributed by atoms with Crippen molar-refractivity contribution in [3.8, 4) is 0 Å². The lowest BCUT2D eigenvalue weighted by Gasteiger charge is -2.12. The number of hydrogen-bond acceptors (Lipinski definition) is 4. The van der Waals surface area contributed by atoms with Gasteiger partial charge in [0.25, 0.3) is 0 Å². The van der Waals surface area contributed by atoms with Gasteiger partial charge >= 0.3 is 0 Å². The first-order valence-electron chi connectivity index (χ1n) is 6.54. The van der Waals surface area contributed by atoms with Gasteiger partial charge in [-0.1, -0.05) is 13.8 Å². The molecule has 0 amide bonds. The van der Waals surface area contributed by atoms with Crippen molar-refractivity contribution in [1.29, 1.82) is 0 Å². The average molecular weight is 253 g/mol. The van der Waals surface area contributed by atoms with Crippen LogP contribution in [0.5, 0.6) is 0 Å². The number of carbonyl (C=O) groups is 1. The van der Waals surface area contributed by atoms with Crippen molar-refractivity contribution in [2.24, 2.45) is 5.73 Å². The van der Waals surface area contributed by atoms with Gasteiger partial charge in [-0.3, -0.25) is 9.48 Å². The SMILES string of the molecule is CCC(CC)n1ccc(CC(=O)COCCN)n1. The van der Waals surface area contributed by atoms with Crippen LogP contribution in [0.4, 0.5) is 0 Å². The first kappa shape index (κ1) is 14.9. The lowest BCUT2D eigenvalue weighted by molar-refractivity contribution is -0.122. The molecule has 0 aliphatic carbocycles. The van der Waals surface area contributed by atoms with Crippen molar-refractivity contribution >= 4 is 5.78 Å². The Kier molecular flexibility index (Phi) is 6.60. The van der Waals surface area contributed by atoms with Crippen LogP contribution in [0.3, 0.4) is 0 Å². The molecule has 0 radical (unpaired) electrons. The van der Waals surface area contributed by atoms with E-state index >= 15 is 0 Å². The van der Waals surface area contributed by atoms with E-state index in [0.717, 1.165) is 18.5 Å². The van der Waals surface area contributed by atoms with Gasteiger partial charge in [0.15, 0.2) is 5.78 Å². The van der Waals surface area contributed by atoms with E-state index in [1.165, 1.54) is 0 Å². The Morgan fingerprint density at radius 2 is 2.22 bits per heavy atom. The largest absolute Gasteiger partial charge is 0.372 e. The molecule has 18 heavy (non-hydrogen) atoms. The summed E-state index contributed by atoms with van der Waals surface area (Å²) in [7, 11) is 0. The first-order chi connectivity index (χ1) is 8.71. The second-order valence-electron chi connectivity index (χ2n) is 4.31. The van der Waals surface area contributed by atoms with Crippen LogP contribution in [0, 0.1) is 0 Å². The highest BCUT2D eigenvalue weighted by atomic mass is 16.5. The summed E-state index contributed by atoms with van der Waals surface area (Å²) in [5.41, 5.74) is 6.09. The number of carbonyl (C=O) groups excluding carboxylic acids is 1. The van der Waals surface area contributed by atoms with E-state index in [4.69, 9.17) is 10.5 Å². The number of ether oxygens (including phenoxy) is 1. The number of ketones is 1. The molecule has 1 aromatic rings. The van der Waals surface area contributed by atoms with Crippen molar-refractivity contribution < 1.29 is 9.53 Å². The summed E-state index contributed by atoms with van der Waals surface area (Å²) < 4.78 is 7.05. The van der Waals surface area contributed by atoms with Crippen LogP contribution in [-0.2, 0) is 16.0 Å². The fourth-order valence-electron chi connectivity index (χ4n) is 1.86. The van der Waals surface area contributed by atoms with Gasteiger partial charge in [-0.2, -0.15) is 5.10 Å². The molecule has 0 aliphatic heterocycles. The van der Waals surface area contributed by atoms with Gasteiger partial charge in [-0.05, 0) is 18.9 Å². The summed E-state index contributed by atoms with van der Waals surface area (Å²) in [6, 6.07) is 2.32. The Balaban J connectivity index is 2.45. The Morgan fingerprint density at radius 1 is 1.50 bits per heavy atom. The number of rotatable bonds is 9. The van der Waals surface area contributed by atoms with Crippen LogP contribution < -0.4 is 5.73 Å². The van der Waals surface area contributed by atoms with Gasteiger partial charge in [0.2, 0.25) is 0 Å². The zero-order valence-corrected chi connectivity index (χ0v) is 11.3. The molecule has 0 saturated heterocycles. The van der Waals surface area contributed by atoms with Gasteiger partial charge in [0, 0.05) is 12.7 Å². The summed E-state index contributed by atoms with van der Waals surface area (Å²) in [6.45, 7) is 5.27. The minimum Gasteiger partial charge on any atom is -0.372 e. The third-order valence-corrected chi connectivity index (χ3v) is 2.88. The lowest BCUT2D eigenvalue weighted by atomic mass is 10.2. The van der Waals surface area contributed by atoms with Crippen LogP contribution in [-0.4, -0.2) is 35.3 Å². The van der Waals surface area contributed by atoms with E-state index in [0.29, 0.717) is 25.6 Å². The molecule has 0 aromatic carbocycles. The highest BCUT2D eigenvalue weighted by Gasteiger charge is 2.10. The van der Waals surface area contributed by atoms with Gasteiger partial charge < -0.3 is 10.5 Å². The second-order valence-corrected chi connectivity index (χ2v) is 4.31. The highest BCUT2D eigenvalue weighted by Crippen LogP contribution is 2.14. The first-order valence-corrected chi connectivity index (χ1v) is 6.54. The monoisotopic (exact) mass is 253 g/mol. The van der Waals surface area contributed by atoms with E-state index in [1.807, 2.05) is 16.9 Å². The molecule has 5 nitrogen and oxygen atoms in total. The van der Waals surface area contributed by atoms with Crippen molar-refractivity contribution in [2.45, 2.75) is 39.2 Å². The van der Waals surface area contributed by atoms with E-state index in [9.17, 15) is 4.79 Å². The summed E-state index contributed by atoms with van der Waals surface area (Å²) in [4.78, 5) is 11.6. The van der Waals surface area contributed by atoms with E-state index in [2.05, 4.69) is 18.9 Å². The molecule has 1 aromatic heterocycles. The van der Waals surface area contributed by atoms with E-state index in [-0.39, 0.29) is 12.4 Å². The van der Waals surface area contributed by atoms with Crippen molar-refractivity contribution in [2.75, 3.05) is 19.8 Å². The quantitative estimate of drug-likeness (QED) is 0.674. The summed E-state index contributed by atoms with van der Waals surface area (Å²) in [6.07, 6.45) is 4.37. The maximum absolute atomic E-state index is 11.6. The fourth-order valence-corrected chi connectivity index (χ4v) is 1.86. The standard InChI is InChI=1S/C13H23N3O2/c1-3-12(4-2)16-7-5-11(15-16)9-13(17)10-18-8-6-14/h5,7,12H,3-4,6,8-10,14H2,1-2H3.